The quantitative estimate of drug-likeness (QED) is 0.151. The van der Waals surface area contributed by atoms with Crippen molar-refractivity contribution in [3.63, 3.8) is 0 Å². The second-order valence-corrected chi connectivity index (χ2v) is 42.5. The molecule has 11 nitrogen and oxygen atoms in total. The molecule has 0 aliphatic heterocycles. The Balaban J connectivity index is 0.0000000972. The van der Waals surface area contributed by atoms with E-state index in [1.807, 2.05) is 25.6 Å². The average Bonchev–Trinajstić information content (AvgIpc) is 1.50. The molecular weight excluding hydrogens is 1720 g/mol. The van der Waals surface area contributed by atoms with Crippen LogP contribution in [0.2, 0.25) is 0 Å². The second kappa shape index (κ2) is 27.0. The summed E-state index contributed by atoms with van der Waals surface area (Å²) in [6, 6.07) is 115. The minimum absolute atomic E-state index is 0.00533. The van der Waals surface area contributed by atoms with Crippen molar-refractivity contribution < 1.29 is 0 Å². The van der Waals surface area contributed by atoms with Gasteiger partial charge < -0.3 is 0 Å². The minimum atomic E-state index is -0.164. The second-order valence-electron chi connectivity index (χ2n) is 42.5. The van der Waals surface area contributed by atoms with Gasteiger partial charge in [-0.05, 0) is 300 Å². The van der Waals surface area contributed by atoms with Gasteiger partial charge in [-0.15, -0.1) is 0 Å². The van der Waals surface area contributed by atoms with Gasteiger partial charge >= 0.3 is 0 Å². The summed E-state index contributed by atoms with van der Waals surface area (Å²) in [6.07, 6.45) is 3.67. The molecule has 0 N–H and O–H groups in total. The number of aromatic nitrogens is 8. The van der Waals surface area contributed by atoms with Crippen LogP contribution in [0.5, 0.6) is 0 Å². The van der Waals surface area contributed by atoms with Crippen molar-refractivity contribution in [2.24, 2.45) is 0 Å². The van der Waals surface area contributed by atoms with Gasteiger partial charge in [-0.1, -0.05) is 323 Å². The van der Waals surface area contributed by atoms with E-state index in [0.29, 0.717) is 11.3 Å². The molecule has 141 heavy (non-hydrogen) atoms. The summed E-state index contributed by atoms with van der Waals surface area (Å²) in [4.78, 5) is 70.0. The number of pyridine rings is 2. The summed E-state index contributed by atoms with van der Waals surface area (Å²) in [7, 11) is 0. The van der Waals surface area contributed by atoms with Crippen LogP contribution in [-0.2, 0) is 16.2 Å². The van der Waals surface area contributed by atoms with Crippen LogP contribution in [0.4, 0.5) is 0 Å². The monoisotopic (exact) mass is 1800 g/mol. The van der Waals surface area contributed by atoms with Crippen LogP contribution >= 0.6 is 0 Å². The van der Waals surface area contributed by atoms with Gasteiger partial charge in [-0.2, -0.15) is 0 Å². The normalized spacial score (nSPS) is 13.1. The predicted molar refractivity (Wildman–Crippen MR) is 591 cm³/mol. The van der Waals surface area contributed by atoms with Gasteiger partial charge in [0.1, 0.15) is 22.5 Å². The summed E-state index contributed by atoms with van der Waals surface area (Å²) < 4.78 is 5.53. The van der Waals surface area contributed by atoms with Gasteiger partial charge in [0, 0.05) is 38.4 Å². The van der Waals surface area contributed by atoms with E-state index in [9.17, 15) is 14.4 Å². The summed E-state index contributed by atoms with van der Waals surface area (Å²) in [6.45, 7) is 19.6. The number of nitrogens with zero attached hydrogens (tertiary/aromatic N) is 8. The van der Waals surface area contributed by atoms with Crippen molar-refractivity contribution >= 4 is 244 Å². The maximum absolute atomic E-state index is 15.0. The van der Waals surface area contributed by atoms with Crippen LogP contribution in [0.25, 0.3) is 311 Å². The molecule has 0 radical (unpaired) electrons. The van der Waals surface area contributed by atoms with Crippen molar-refractivity contribution in [1.29, 1.82) is 0 Å². The van der Waals surface area contributed by atoms with E-state index in [0.717, 1.165) is 159 Å². The molecule has 33 aromatic rings. The largest absolute Gasteiger partial charge is 0.268 e. The number of fused-ring (bicyclic) bond motifs is 21. The Morgan fingerprint density at radius 3 is 0.752 bits per heavy atom. The van der Waals surface area contributed by atoms with Crippen LogP contribution < -0.4 is 16.7 Å². The van der Waals surface area contributed by atoms with E-state index in [4.69, 9.17) is 24.9 Å². The van der Waals surface area contributed by atoms with Gasteiger partial charge in [-0.25, -0.2) is 15.0 Å². The third kappa shape index (κ3) is 10.2. The first kappa shape index (κ1) is 78.6. The van der Waals surface area contributed by atoms with E-state index in [1.54, 1.807) is 0 Å². The van der Waals surface area contributed by atoms with E-state index >= 15 is 0 Å². The zero-order chi connectivity index (χ0) is 94.0. The molecule has 0 atom stereocenters. The number of hydrogen-bond acceptors (Lipinski definition) is 8. The van der Waals surface area contributed by atoms with E-state index in [2.05, 4.69) is 384 Å². The highest BCUT2D eigenvalue weighted by Gasteiger charge is 2.37. The molecule has 8 aromatic heterocycles. The number of hydrogen-bond donors (Lipinski definition) is 0. The van der Waals surface area contributed by atoms with Crippen LogP contribution in [0.15, 0.2) is 348 Å². The van der Waals surface area contributed by atoms with Gasteiger partial charge in [0.25, 0.3) is 16.7 Å². The fourth-order valence-electron chi connectivity index (χ4n) is 25.6. The lowest BCUT2D eigenvalue weighted by atomic mass is 9.87. The fraction of sp³-hybridized carbons (Fsp3) is 0.0923. The molecule has 0 amide bonds. The molecule has 0 fully saturated rings. The zero-order valence-corrected chi connectivity index (χ0v) is 78.6. The molecule has 0 aliphatic rings. The average molecular weight is 1800 g/mol. The molecule has 0 unspecified atom stereocenters. The third-order valence-corrected chi connectivity index (χ3v) is 31.8. The molecule has 25 aromatic carbocycles. The van der Waals surface area contributed by atoms with Crippen LogP contribution in [0.1, 0.15) is 79.3 Å². The summed E-state index contributed by atoms with van der Waals surface area (Å²) >= 11 is 0. The minimum Gasteiger partial charge on any atom is -0.268 e. The standard InChI is InChI=1S/C44H28N2O.2C43H27N3O/c1-44(2,3)26-16-19-34-33(20-26)45-42-40-31-21-29(23-10-6-4-7-11-23)27-17-14-25-15-18-28-30(24-12-8-5-9-13-24)22-32(41(40)43(47)46(34)42)39-37(28)35(25)36(27)38(31)39;1-43(2,3)33-20-32-31(21-44-33)45-41-39-29-18-27(22-10-6-4-7-11-22)25-16-14-24-15-17-26-28(23-12-8-5-9-13-23)19-30(40(39)42(47)46(32)41)38-36(26)34(24)35(25)37(29)38;1-43(2,3)33-20-31-32(21-44-33)46-41(45-31)39-29-18-27(22-10-6-4-7-11-22)25-16-14-24-15-17-26-28(23-12-8-5-9-13-23)19-30(40(39)42(46)47)38-36(26)34(24)35(25)37(29)38/h4-22H,1-3H3;2*4-21H,1-3H3. The van der Waals surface area contributed by atoms with Crippen molar-refractivity contribution in [2.45, 2.75) is 78.6 Å². The molecule has 0 saturated carbocycles. The van der Waals surface area contributed by atoms with Gasteiger partial charge in [0.15, 0.2) is 0 Å². The van der Waals surface area contributed by atoms with Crippen LogP contribution in [0, 0.1) is 0 Å². The van der Waals surface area contributed by atoms with E-state index < -0.39 is 0 Å². The zero-order valence-electron chi connectivity index (χ0n) is 78.6. The maximum Gasteiger partial charge on any atom is 0.265 e. The Morgan fingerprint density at radius 2 is 0.454 bits per heavy atom. The summed E-state index contributed by atoms with van der Waals surface area (Å²) in [5, 5.41) is 41.1. The number of imidazole rings is 3. The summed E-state index contributed by atoms with van der Waals surface area (Å²) in [5.74, 6) is 0. The smallest absolute Gasteiger partial charge is 0.265 e. The topological polar surface area (TPSA) is 129 Å². The van der Waals surface area contributed by atoms with Gasteiger partial charge in [0.2, 0.25) is 0 Å². The molecule has 0 bridgehead atoms. The Labute approximate surface area is 803 Å². The lowest BCUT2D eigenvalue weighted by molar-refractivity contribution is 0.570. The predicted octanol–water partition coefficient (Wildman–Crippen LogP) is 32.2. The van der Waals surface area contributed by atoms with Gasteiger partial charge in [0.05, 0.1) is 56.1 Å². The van der Waals surface area contributed by atoms with Gasteiger partial charge in [-0.3, -0.25) is 37.6 Å². The SMILES string of the molecule is CC(C)(C)c1cc2c(cn1)nc1c3c4cc(-c5ccccc5)c5ccc6ccc7c(-c8ccccc8)cc(c3c(=O)n21)c1c7c6c5c41.CC(C)(C)c1cc2nc3c4c5cc(-c6ccccc6)c6ccc7ccc8c(-c9ccccc9)cc(c4c(=O)n3c2cn1)c1c8c7c6c51.CC(C)(C)c1ccc2c(c1)nc1c3c4cc(-c5ccccc5)c5ccc6ccc7c(-c8ccccc8)cc(c3c(=O)n21)c1c7c6c5c41. The van der Waals surface area contributed by atoms with Crippen molar-refractivity contribution in [3.05, 3.63) is 382 Å². The molecule has 11 heteroatoms. The van der Waals surface area contributed by atoms with E-state index in [-0.39, 0.29) is 32.9 Å². The first-order chi connectivity index (χ1) is 68.6. The summed E-state index contributed by atoms with van der Waals surface area (Å²) in [5.41, 5.74) is 23.6. The number of benzene rings is 22. The fourth-order valence-corrected chi connectivity index (χ4v) is 25.6. The van der Waals surface area contributed by atoms with Crippen molar-refractivity contribution in [3.8, 4) is 66.8 Å². The molecule has 0 aliphatic carbocycles. The van der Waals surface area contributed by atoms with E-state index in [1.165, 1.54) is 157 Å². The highest BCUT2D eigenvalue weighted by atomic mass is 16.1. The number of rotatable bonds is 6. The molecule has 0 saturated heterocycles. The highest BCUT2D eigenvalue weighted by Crippen LogP contribution is 2.60. The van der Waals surface area contributed by atoms with Crippen molar-refractivity contribution in [2.75, 3.05) is 0 Å². The lowest BCUT2D eigenvalue weighted by Crippen LogP contribution is -2.14. The first-order valence-electron chi connectivity index (χ1n) is 48.8. The first-order valence-corrected chi connectivity index (χ1v) is 48.8. The highest BCUT2D eigenvalue weighted by molar-refractivity contribution is 6.55. The Kier molecular flexibility index (Phi) is 15.1. The Hall–Kier alpha value is -17.5. The lowest BCUT2D eigenvalue weighted by Gasteiger charge is -2.18. The molecule has 33 rings (SSSR count). The van der Waals surface area contributed by atoms with Crippen LogP contribution in [-0.4, -0.2) is 38.1 Å². The maximum atomic E-state index is 15.0. The molecular formula is C130H82N8O3. The molecule has 8 heterocycles. The van der Waals surface area contributed by atoms with Crippen molar-refractivity contribution in [1.82, 2.24) is 38.1 Å². The third-order valence-electron chi connectivity index (χ3n) is 31.8. The molecule has 0 spiro atoms. The Bertz CT molecular complexity index is 10700. The van der Waals surface area contributed by atoms with Crippen LogP contribution in [0.3, 0.4) is 0 Å². The molecule has 660 valence electrons. The Morgan fingerprint density at radius 1 is 0.199 bits per heavy atom.